The number of carbonyl (C=O) groups excluding carboxylic acids is 2. The zero-order chi connectivity index (χ0) is 20.0. The molecule has 0 atom stereocenters. The van der Waals surface area contributed by atoms with E-state index in [9.17, 15) is 9.59 Å². The van der Waals surface area contributed by atoms with Crippen LogP contribution in [0.25, 0.3) is 0 Å². The van der Waals surface area contributed by atoms with Gasteiger partial charge in [0, 0.05) is 26.6 Å². The first-order valence-corrected chi connectivity index (χ1v) is 9.77. The van der Waals surface area contributed by atoms with Crippen LogP contribution in [-0.4, -0.2) is 43.5 Å². The second-order valence-electron chi connectivity index (χ2n) is 7.31. The summed E-state index contributed by atoms with van der Waals surface area (Å²) in [5.74, 6) is 0.949. The summed E-state index contributed by atoms with van der Waals surface area (Å²) in [4.78, 5) is 26.8. The van der Waals surface area contributed by atoms with Crippen molar-refractivity contribution in [2.45, 2.75) is 31.6 Å². The van der Waals surface area contributed by atoms with Gasteiger partial charge in [-0.2, -0.15) is 0 Å². The highest BCUT2D eigenvalue weighted by Crippen LogP contribution is 2.36. The topological polar surface area (TPSA) is 58.6 Å². The summed E-state index contributed by atoms with van der Waals surface area (Å²) in [6.45, 7) is 3.38. The normalized spacial score (nSPS) is 15.7. The van der Waals surface area contributed by atoms with Gasteiger partial charge >= 0.3 is 0 Å². The zero-order valence-corrected chi connectivity index (χ0v) is 16.6. The molecule has 0 aliphatic carbocycles. The van der Waals surface area contributed by atoms with Crippen molar-refractivity contribution in [3.05, 3.63) is 65.7 Å². The molecule has 28 heavy (non-hydrogen) atoms. The number of amides is 2. The minimum atomic E-state index is -0.576. The standard InChI is InChI=1S/C23H28N2O3/c1-18(26)25-16-13-23(14-17-25,20-6-4-3-5-7-20)22(27)24-15-12-19-8-10-21(28-2)11-9-19/h3-11H,12-17H2,1-2H3,(H,24,27). The second kappa shape index (κ2) is 8.91. The Hall–Kier alpha value is -2.82. The molecule has 5 heteroatoms. The molecular weight excluding hydrogens is 352 g/mol. The van der Waals surface area contributed by atoms with Crippen LogP contribution >= 0.6 is 0 Å². The molecule has 1 aliphatic heterocycles. The summed E-state index contributed by atoms with van der Waals surface area (Å²) in [6.07, 6.45) is 2.05. The first kappa shape index (κ1) is 19.9. The van der Waals surface area contributed by atoms with Gasteiger partial charge in [0.1, 0.15) is 5.75 Å². The van der Waals surface area contributed by atoms with Gasteiger partial charge in [-0.05, 0) is 42.5 Å². The third kappa shape index (κ3) is 4.35. The molecule has 2 amide bonds. The molecule has 0 radical (unpaired) electrons. The summed E-state index contributed by atoms with van der Waals surface area (Å²) < 4.78 is 5.18. The molecule has 2 aromatic carbocycles. The maximum atomic E-state index is 13.3. The molecule has 0 saturated carbocycles. The molecule has 3 rings (SSSR count). The van der Waals surface area contributed by atoms with Gasteiger partial charge in [-0.15, -0.1) is 0 Å². The second-order valence-corrected chi connectivity index (χ2v) is 7.31. The Labute approximate surface area is 166 Å². The van der Waals surface area contributed by atoms with Gasteiger partial charge in [0.15, 0.2) is 0 Å². The Morgan fingerprint density at radius 1 is 1.04 bits per heavy atom. The molecule has 2 aromatic rings. The van der Waals surface area contributed by atoms with Crippen LogP contribution < -0.4 is 10.1 Å². The molecular formula is C23H28N2O3. The molecule has 1 saturated heterocycles. The predicted octanol–water partition coefficient (Wildman–Crippen LogP) is 2.93. The van der Waals surface area contributed by atoms with E-state index in [2.05, 4.69) is 5.32 Å². The highest BCUT2D eigenvalue weighted by Gasteiger charge is 2.43. The average Bonchev–Trinajstić information content (AvgIpc) is 2.74. The maximum Gasteiger partial charge on any atom is 0.230 e. The van der Waals surface area contributed by atoms with Crippen LogP contribution in [0.15, 0.2) is 54.6 Å². The molecule has 0 unspecified atom stereocenters. The third-order valence-electron chi connectivity index (χ3n) is 5.68. The zero-order valence-electron chi connectivity index (χ0n) is 16.6. The first-order valence-electron chi connectivity index (χ1n) is 9.77. The number of nitrogens with zero attached hydrogens (tertiary/aromatic N) is 1. The summed E-state index contributed by atoms with van der Waals surface area (Å²) in [7, 11) is 1.65. The number of hydrogen-bond donors (Lipinski definition) is 1. The van der Waals surface area contributed by atoms with Crippen molar-refractivity contribution in [1.29, 1.82) is 0 Å². The van der Waals surface area contributed by atoms with E-state index in [-0.39, 0.29) is 11.8 Å². The van der Waals surface area contributed by atoms with Gasteiger partial charge in [0.2, 0.25) is 11.8 Å². The summed E-state index contributed by atoms with van der Waals surface area (Å²) in [5.41, 5.74) is 1.61. The fourth-order valence-electron chi connectivity index (χ4n) is 3.89. The number of ether oxygens (including phenoxy) is 1. The van der Waals surface area contributed by atoms with Crippen molar-refractivity contribution < 1.29 is 14.3 Å². The van der Waals surface area contributed by atoms with Crippen LogP contribution in [0, 0.1) is 0 Å². The molecule has 0 aromatic heterocycles. The Morgan fingerprint density at radius 3 is 2.25 bits per heavy atom. The van der Waals surface area contributed by atoms with E-state index in [0.717, 1.165) is 23.3 Å². The van der Waals surface area contributed by atoms with Crippen molar-refractivity contribution in [3.8, 4) is 5.75 Å². The monoisotopic (exact) mass is 380 g/mol. The lowest BCUT2D eigenvalue weighted by atomic mass is 9.72. The van der Waals surface area contributed by atoms with Gasteiger partial charge in [0.05, 0.1) is 12.5 Å². The maximum absolute atomic E-state index is 13.3. The van der Waals surface area contributed by atoms with Gasteiger partial charge in [-0.25, -0.2) is 0 Å². The number of methoxy groups -OCH3 is 1. The van der Waals surface area contributed by atoms with Crippen LogP contribution in [0.2, 0.25) is 0 Å². The quantitative estimate of drug-likeness (QED) is 0.838. The molecule has 5 nitrogen and oxygen atoms in total. The Kier molecular flexibility index (Phi) is 6.34. The van der Waals surface area contributed by atoms with Crippen molar-refractivity contribution in [2.75, 3.05) is 26.7 Å². The number of benzene rings is 2. The minimum absolute atomic E-state index is 0.0513. The van der Waals surface area contributed by atoms with E-state index in [1.807, 2.05) is 59.5 Å². The SMILES string of the molecule is COc1ccc(CCNC(=O)C2(c3ccccc3)CCN(C(C)=O)CC2)cc1. The van der Waals surface area contributed by atoms with E-state index in [4.69, 9.17) is 4.74 Å². The Bertz CT molecular complexity index is 794. The number of hydrogen-bond acceptors (Lipinski definition) is 3. The van der Waals surface area contributed by atoms with Crippen molar-refractivity contribution >= 4 is 11.8 Å². The van der Waals surface area contributed by atoms with E-state index in [1.165, 1.54) is 0 Å². The van der Waals surface area contributed by atoms with Crippen LogP contribution in [0.3, 0.4) is 0 Å². The predicted molar refractivity (Wildman–Crippen MR) is 109 cm³/mol. The lowest BCUT2D eigenvalue weighted by Crippen LogP contribution is -2.52. The number of carbonyl (C=O) groups is 2. The van der Waals surface area contributed by atoms with E-state index < -0.39 is 5.41 Å². The highest BCUT2D eigenvalue weighted by atomic mass is 16.5. The highest BCUT2D eigenvalue weighted by molar-refractivity contribution is 5.88. The minimum Gasteiger partial charge on any atom is -0.497 e. The summed E-state index contributed by atoms with van der Waals surface area (Å²) in [5, 5.41) is 3.14. The van der Waals surface area contributed by atoms with E-state index >= 15 is 0 Å². The third-order valence-corrected chi connectivity index (χ3v) is 5.68. The largest absolute Gasteiger partial charge is 0.497 e. The summed E-state index contributed by atoms with van der Waals surface area (Å²) >= 11 is 0. The number of piperidine rings is 1. The Morgan fingerprint density at radius 2 is 1.68 bits per heavy atom. The van der Waals surface area contributed by atoms with Gasteiger partial charge in [0.25, 0.3) is 0 Å². The molecule has 1 heterocycles. The smallest absolute Gasteiger partial charge is 0.230 e. The van der Waals surface area contributed by atoms with Crippen LogP contribution in [0.4, 0.5) is 0 Å². The summed E-state index contributed by atoms with van der Waals surface area (Å²) in [6, 6.07) is 17.8. The Balaban J connectivity index is 1.68. The fourth-order valence-corrected chi connectivity index (χ4v) is 3.89. The number of nitrogens with one attached hydrogen (secondary N) is 1. The number of likely N-dealkylation sites (tertiary alicyclic amines) is 1. The first-order chi connectivity index (χ1) is 13.5. The molecule has 1 aliphatic rings. The molecule has 0 spiro atoms. The van der Waals surface area contributed by atoms with Crippen molar-refractivity contribution in [2.24, 2.45) is 0 Å². The molecule has 1 fully saturated rings. The van der Waals surface area contributed by atoms with E-state index in [0.29, 0.717) is 32.5 Å². The van der Waals surface area contributed by atoms with Gasteiger partial charge < -0.3 is 15.0 Å². The average molecular weight is 380 g/mol. The molecule has 148 valence electrons. The van der Waals surface area contributed by atoms with Crippen LogP contribution in [-0.2, 0) is 21.4 Å². The lowest BCUT2D eigenvalue weighted by Gasteiger charge is -2.40. The fraction of sp³-hybridized carbons (Fsp3) is 0.391. The lowest BCUT2D eigenvalue weighted by molar-refractivity contribution is -0.135. The van der Waals surface area contributed by atoms with E-state index in [1.54, 1.807) is 14.0 Å². The number of rotatable bonds is 6. The van der Waals surface area contributed by atoms with Crippen molar-refractivity contribution in [3.63, 3.8) is 0 Å². The van der Waals surface area contributed by atoms with Gasteiger partial charge in [-0.3, -0.25) is 9.59 Å². The van der Waals surface area contributed by atoms with Crippen LogP contribution in [0.1, 0.15) is 30.9 Å². The van der Waals surface area contributed by atoms with Crippen LogP contribution in [0.5, 0.6) is 5.75 Å². The van der Waals surface area contributed by atoms with Crippen molar-refractivity contribution in [1.82, 2.24) is 10.2 Å². The molecule has 1 N–H and O–H groups in total. The molecule has 0 bridgehead atoms. The van der Waals surface area contributed by atoms with Gasteiger partial charge in [-0.1, -0.05) is 42.5 Å².